The third-order valence-electron chi connectivity index (χ3n) is 3.38. The van der Waals surface area contributed by atoms with Gasteiger partial charge in [0.1, 0.15) is 5.00 Å². The molecule has 0 aliphatic heterocycles. The number of para-hydroxylation sites is 2. The smallest absolute Gasteiger partial charge is 0.340 e. The van der Waals surface area contributed by atoms with E-state index in [-0.39, 0.29) is 30.4 Å². The number of esters is 1. The number of benzene rings is 1. The number of nitrogens with zero attached hydrogens (tertiary/aromatic N) is 1. The molecule has 2 aromatic rings. The number of hydrogen-bond acceptors (Lipinski definition) is 7. The first-order valence-electron chi connectivity index (χ1n) is 7.77. The molecule has 1 aromatic heterocycles. The van der Waals surface area contributed by atoms with Gasteiger partial charge in [-0.1, -0.05) is 12.1 Å². The molecule has 0 bridgehead atoms. The third kappa shape index (κ3) is 5.03. The molecule has 9 heteroatoms. The van der Waals surface area contributed by atoms with Crippen LogP contribution in [-0.2, 0) is 9.53 Å². The average Bonchev–Trinajstić information content (AvgIpc) is 2.98. The molecule has 0 aliphatic carbocycles. The summed E-state index contributed by atoms with van der Waals surface area (Å²) >= 11 is 1.29. The fourth-order valence-corrected chi connectivity index (χ4v) is 3.12. The lowest BCUT2D eigenvalue weighted by molar-refractivity contribution is -0.385. The monoisotopic (exact) mass is 378 g/mol. The van der Waals surface area contributed by atoms with Crippen molar-refractivity contribution in [3.05, 3.63) is 50.9 Å². The number of nitro groups is 1. The molecule has 0 radical (unpaired) electrons. The van der Waals surface area contributed by atoms with E-state index in [4.69, 9.17) is 9.47 Å². The zero-order valence-corrected chi connectivity index (χ0v) is 15.1. The summed E-state index contributed by atoms with van der Waals surface area (Å²) in [5.74, 6) is -0.618. The quantitative estimate of drug-likeness (QED) is 0.326. The highest BCUT2D eigenvalue weighted by Crippen LogP contribution is 2.28. The minimum absolute atomic E-state index is 0.117. The molecule has 0 fully saturated rings. The fourth-order valence-electron chi connectivity index (χ4n) is 2.20. The van der Waals surface area contributed by atoms with Crippen molar-refractivity contribution < 1.29 is 24.0 Å². The van der Waals surface area contributed by atoms with E-state index in [9.17, 15) is 19.7 Å². The second-order valence-electron chi connectivity index (χ2n) is 5.32. The van der Waals surface area contributed by atoms with E-state index in [1.54, 1.807) is 18.2 Å². The summed E-state index contributed by atoms with van der Waals surface area (Å²) in [4.78, 5) is 35.0. The van der Waals surface area contributed by atoms with Crippen LogP contribution in [0.3, 0.4) is 0 Å². The largest absolute Gasteiger partial charge is 0.487 e. The Bertz CT molecular complexity index is 817. The number of aryl methyl sites for hydroxylation is 1. The highest BCUT2D eigenvalue weighted by atomic mass is 32.1. The number of anilines is 1. The van der Waals surface area contributed by atoms with Crippen molar-refractivity contribution in [3.8, 4) is 5.75 Å². The lowest BCUT2D eigenvalue weighted by atomic mass is 10.2. The van der Waals surface area contributed by atoms with Gasteiger partial charge < -0.3 is 14.8 Å². The molecular weight excluding hydrogens is 360 g/mol. The van der Waals surface area contributed by atoms with E-state index in [0.29, 0.717) is 17.0 Å². The van der Waals surface area contributed by atoms with Gasteiger partial charge in [0.25, 0.3) is 0 Å². The highest BCUT2D eigenvalue weighted by Gasteiger charge is 2.17. The van der Waals surface area contributed by atoms with Gasteiger partial charge in [-0.05, 0) is 25.5 Å². The van der Waals surface area contributed by atoms with Crippen LogP contribution in [0.2, 0.25) is 0 Å². The standard InChI is InChI=1S/C17H18N2O6S/c1-11-10-12(17(21)24-2)16(26-11)18-15(20)8-5-9-25-14-7-4-3-6-13(14)19(22)23/h3-4,6-7,10H,5,8-9H2,1-2H3,(H,18,20). The van der Waals surface area contributed by atoms with Crippen LogP contribution in [0.25, 0.3) is 0 Å². The first kappa shape index (κ1) is 19.4. The highest BCUT2D eigenvalue weighted by molar-refractivity contribution is 7.16. The minimum atomic E-state index is -0.518. The molecule has 1 aromatic carbocycles. The van der Waals surface area contributed by atoms with Crippen LogP contribution in [-0.4, -0.2) is 30.5 Å². The van der Waals surface area contributed by atoms with Crippen LogP contribution < -0.4 is 10.1 Å². The van der Waals surface area contributed by atoms with Gasteiger partial charge in [0, 0.05) is 17.4 Å². The summed E-state index contributed by atoms with van der Waals surface area (Å²) in [6.45, 7) is 1.99. The van der Waals surface area contributed by atoms with Crippen molar-refractivity contribution in [3.63, 3.8) is 0 Å². The Morgan fingerprint density at radius 2 is 2.04 bits per heavy atom. The maximum absolute atomic E-state index is 12.1. The summed E-state index contributed by atoms with van der Waals surface area (Å²) in [7, 11) is 1.28. The molecule has 1 amide bonds. The first-order chi connectivity index (χ1) is 12.4. The van der Waals surface area contributed by atoms with E-state index < -0.39 is 10.9 Å². The van der Waals surface area contributed by atoms with Crippen molar-refractivity contribution in [2.75, 3.05) is 19.0 Å². The Kier molecular flexibility index (Phi) is 6.67. The van der Waals surface area contributed by atoms with Crippen LogP contribution in [0.1, 0.15) is 28.1 Å². The maximum atomic E-state index is 12.1. The van der Waals surface area contributed by atoms with Crippen molar-refractivity contribution >= 4 is 33.9 Å². The lowest BCUT2D eigenvalue weighted by Crippen LogP contribution is -2.14. The van der Waals surface area contributed by atoms with Crippen molar-refractivity contribution in [2.45, 2.75) is 19.8 Å². The number of hydrogen-bond donors (Lipinski definition) is 1. The molecule has 1 N–H and O–H groups in total. The van der Waals surface area contributed by atoms with Crippen LogP contribution in [0.5, 0.6) is 5.75 Å². The molecular formula is C17H18N2O6S. The van der Waals surface area contributed by atoms with E-state index in [1.165, 1.54) is 30.6 Å². The van der Waals surface area contributed by atoms with Gasteiger partial charge in [-0.2, -0.15) is 0 Å². The molecule has 0 saturated heterocycles. The maximum Gasteiger partial charge on any atom is 0.340 e. The number of rotatable bonds is 8. The summed E-state index contributed by atoms with van der Waals surface area (Å²) in [5.41, 5.74) is 0.202. The summed E-state index contributed by atoms with van der Waals surface area (Å²) in [5, 5.41) is 14.0. The average molecular weight is 378 g/mol. The predicted molar refractivity (Wildman–Crippen MR) is 96.9 cm³/mol. The lowest BCUT2D eigenvalue weighted by Gasteiger charge is -2.07. The number of ether oxygens (including phenoxy) is 2. The molecule has 1 heterocycles. The molecule has 0 spiro atoms. The Morgan fingerprint density at radius 1 is 1.31 bits per heavy atom. The Hall–Kier alpha value is -2.94. The van der Waals surface area contributed by atoms with E-state index in [0.717, 1.165) is 4.88 Å². The number of carbonyl (C=O) groups is 2. The number of methoxy groups -OCH3 is 1. The summed E-state index contributed by atoms with van der Waals surface area (Å²) in [6, 6.07) is 7.72. The van der Waals surface area contributed by atoms with Gasteiger partial charge in [-0.3, -0.25) is 14.9 Å². The first-order valence-corrected chi connectivity index (χ1v) is 8.59. The molecule has 0 aliphatic rings. The second kappa shape index (κ2) is 8.95. The van der Waals surface area contributed by atoms with Crippen molar-refractivity contribution in [1.82, 2.24) is 0 Å². The molecule has 8 nitrogen and oxygen atoms in total. The van der Waals surface area contributed by atoms with Crippen molar-refractivity contribution in [2.24, 2.45) is 0 Å². The molecule has 138 valence electrons. The Labute approximate surface area is 153 Å². The number of nitro benzene ring substituents is 1. The fraction of sp³-hybridized carbons (Fsp3) is 0.294. The minimum Gasteiger partial charge on any atom is -0.487 e. The van der Waals surface area contributed by atoms with Crippen LogP contribution in [0.15, 0.2) is 30.3 Å². The molecule has 2 rings (SSSR count). The number of nitrogens with one attached hydrogen (secondary N) is 1. The third-order valence-corrected chi connectivity index (χ3v) is 4.35. The van der Waals surface area contributed by atoms with Crippen molar-refractivity contribution in [1.29, 1.82) is 0 Å². The van der Waals surface area contributed by atoms with E-state index in [1.807, 2.05) is 6.92 Å². The number of carbonyl (C=O) groups excluding carboxylic acids is 2. The van der Waals surface area contributed by atoms with Crippen LogP contribution in [0, 0.1) is 17.0 Å². The topological polar surface area (TPSA) is 108 Å². The second-order valence-corrected chi connectivity index (χ2v) is 6.57. The SMILES string of the molecule is COC(=O)c1cc(C)sc1NC(=O)CCCOc1ccccc1[N+](=O)[O-]. The van der Waals surface area contributed by atoms with Gasteiger partial charge in [-0.25, -0.2) is 4.79 Å². The van der Waals surface area contributed by atoms with Gasteiger partial charge in [0.05, 0.1) is 24.2 Å². The zero-order valence-electron chi connectivity index (χ0n) is 14.3. The Morgan fingerprint density at radius 3 is 2.73 bits per heavy atom. The van der Waals surface area contributed by atoms with Crippen LogP contribution >= 0.6 is 11.3 Å². The van der Waals surface area contributed by atoms with Gasteiger partial charge in [0.15, 0.2) is 5.75 Å². The van der Waals surface area contributed by atoms with Gasteiger partial charge >= 0.3 is 11.7 Å². The number of thiophene rings is 1. The van der Waals surface area contributed by atoms with Crippen LogP contribution in [0.4, 0.5) is 10.7 Å². The molecule has 26 heavy (non-hydrogen) atoms. The van der Waals surface area contributed by atoms with Gasteiger partial charge in [0.2, 0.25) is 5.91 Å². The predicted octanol–water partition coefficient (Wildman–Crippen LogP) is 3.55. The normalized spacial score (nSPS) is 10.2. The van der Waals surface area contributed by atoms with Gasteiger partial charge in [-0.15, -0.1) is 11.3 Å². The molecule has 0 saturated carbocycles. The summed E-state index contributed by atoms with van der Waals surface area (Å²) in [6.07, 6.45) is 0.522. The van der Waals surface area contributed by atoms with E-state index in [2.05, 4.69) is 5.32 Å². The molecule has 0 atom stereocenters. The number of amides is 1. The molecule has 0 unspecified atom stereocenters. The summed E-state index contributed by atoms with van der Waals surface area (Å²) < 4.78 is 10.1. The zero-order chi connectivity index (χ0) is 19.1. The Balaban J connectivity index is 1.85. The van der Waals surface area contributed by atoms with E-state index >= 15 is 0 Å².